The van der Waals surface area contributed by atoms with Crippen LogP contribution in [0.1, 0.15) is 32.4 Å². The van der Waals surface area contributed by atoms with Crippen molar-refractivity contribution in [1.29, 1.82) is 0 Å². The summed E-state index contributed by atoms with van der Waals surface area (Å²) in [7, 11) is 0. The van der Waals surface area contributed by atoms with Crippen LogP contribution in [0.4, 0.5) is 0 Å². The molecule has 3 nitrogen and oxygen atoms in total. The minimum Gasteiger partial charge on any atom is -0.489 e. The van der Waals surface area contributed by atoms with E-state index >= 15 is 0 Å². The molecule has 0 aliphatic heterocycles. The Morgan fingerprint density at radius 2 is 2.00 bits per heavy atom. The highest BCUT2D eigenvalue weighted by atomic mass is 16.5. The van der Waals surface area contributed by atoms with Crippen LogP contribution in [-0.4, -0.2) is 11.1 Å². The van der Waals surface area contributed by atoms with Crippen LogP contribution >= 0.6 is 0 Å². The lowest BCUT2D eigenvalue weighted by atomic mass is 10.1. The summed E-state index contributed by atoms with van der Waals surface area (Å²) in [5.74, 6) is 0.782. The maximum absolute atomic E-state index is 5.72. The maximum atomic E-state index is 5.72. The molecule has 0 spiro atoms. The number of rotatable bonds is 3. The zero-order valence-electron chi connectivity index (χ0n) is 8.32. The molecule has 0 aliphatic carbocycles. The normalized spacial score (nSPS) is 13.0. The Balaban J connectivity index is 2.79. The van der Waals surface area contributed by atoms with E-state index in [1.54, 1.807) is 12.4 Å². The monoisotopic (exact) mass is 180 g/mol. The molecule has 0 fully saturated rings. The van der Waals surface area contributed by atoms with Crippen molar-refractivity contribution >= 4 is 0 Å². The lowest BCUT2D eigenvalue weighted by Gasteiger charge is -2.11. The van der Waals surface area contributed by atoms with Crippen molar-refractivity contribution in [3.63, 3.8) is 0 Å². The van der Waals surface area contributed by atoms with E-state index in [2.05, 4.69) is 4.98 Å². The van der Waals surface area contributed by atoms with Gasteiger partial charge < -0.3 is 10.5 Å². The summed E-state index contributed by atoms with van der Waals surface area (Å²) in [5.41, 5.74) is 6.72. The molecule has 0 aliphatic rings. The summed E-state index contributed by atoms with van der Waals surface area (Å²) in [4.78, 5) is 4.05. The Bertz CT molecular complexity index is 271. The van der Waals surface area contributed by atoms with E-state index < -0.39 is 0 Å². The first-order chi connectivity index (χ1) is 6.09. The second kappa shape index (κ2) is 4.23. The van der Waals surface area contributed by atoms with Crippen molar-refractivity contribution in [3.05, 3.63) is 24.0 Å². The molecule has 1 atom stereocenters. The Morgan fingerprint density at radius 3 is 2.54 bits per heavy atom. The lowest BCUT2D eigenvalue weighted by molar-refractivity contribution is 0.241. The molecule has 0 saturated heterocycles. The minimum absolute atomic E-state index is 0.00297. The largest absolute Gasteiger partial charge is 0.489 e. The summed E-state index contributed by atoms with van der Waals surface area (Å²) in [6, 6.07) is 1.93. The van der Waals surface area contributed by atoms with Crippen LogP contribution in [0.15, 0.2) is 18.5 Å². The van der Waals surface area contributed by atoms with E-state index in [1.165, 1.54) is 0 Å². The molecule has 1 aromatic heterocycles. The second-order valence-electron chi connectivity index (χ2n) is 3.41. The van der Waals surface area contributed by atoms with E-state index in [1.807, 2.05) is 26.8 Å². The highest BCUT2D eigenvalue weighted by Crippen LogP contribution is 2.16. The van der Waals surface area contributed by atoms with Gasteiger partial charge in [0.05, 0.1) is 12.3 Å². The van der Waals surface area contributed by atoms with E-state index in [0.717, 1.165) is 11.3 Å². The summed E-state index contributed by atoms with van der Waals surface area (Å²) in [6.45, 7) is 5.90. The van der Waals surface area contributed by atoms with Gasteiger partial charge in [0.25, 0.3) is 0 Å². The fourth-order valence-electron chi connectivity index (χ4n) is 1.02. The first kappa shape index (κ1) is 9.99. The third-order valence-corrected chi connectivity index (χ3v) is 1.63. The van der Waals surface area contributed by atoms with Crippen molar-refractivity contribution < 1.29 is 4.74 Å². The molecule has 3 heteroatoms. The van der Waals surface area contributed by atoms with Crippen LogP contribution in [0.3, 0.4) is 0 Å². The highest BCUT2D eigenvalue weighted by molar-refractivity contribution is 5.25. The van der Waals surface area contributed by atoms with Gasteiger partial charge in [-0.15, -0.1) is 0 Å². The Kier molecular flexibility index (Phi) is 3.25. The van der Waals surface area contributed by atoms with Crippen LogP contribution in [0, 0.1) is 0 Å². The number of nitrogens with zero attached hydrogens (tertiary/aromatic N) is 1. The Labute approximate surface area is 78.9 Å². The van der Waals surface area contributed by atoms with E-state index in [4.69, 9.17) is 10.5 Å². The van der Waals surface area contributed by atoms with Crippen LogP contribution < -0.4 is 10.5 Å². The average molecular weight is 180 g/mol. The molecule has 1 rings (SSSR count). The second-order valence-corrected chi connectivity index (χ2v) is 3.41. The van der Waals surface area contributed by atoms with Crippen LogP contribution in [-0.2, 0) is 0 Å². The van der Waals surface area contributed by atoms with Gasteiger partial charge in [-0.25, -0.2) is 0 Å². The number of ether oxygens (including phenoxy) is 1. The van der Waals surface area contributed by atoms with Gasteiger partial charge in [-0.05, 0) is 32.4 Å². The Hall–Kier alpha value is -1.09. The Morgan fingerprint density at radius 1 is 1.31 bits per heavy atom. The zero-order valence-corrected chi connectivity index (χ0v) is 8.32. The molecule has 1 heterocycles. The van der Waals surface area contributed by atoms with Gasteiger partial charge in [0.1, 0.15) is 5.75 Å². The van der Waals surface area contributed by atoms with Crippen molar-refractivity contribution in [2.45, 2.75) is 32.9 Å². The standard InChI is InChI=1S/C10H16N2O/c1-7(2)13-10-4-9(8(3)11)5-12-6-10/h4-8H,11H2,1-3H3/t8-/m0/s1. The van der Waals surface area contributed by atoms with Gasteiger partial charge in [-0.3, -0.25) is 4.98 Å². The number of nitrogens with two attached hydrogens (primary N) is 1. The van der Waals surface area contributed by atoms with Crippen molar-refractivity contribution in [1.82, 2.24) is 4.98 Å². The SMILES string of the molecule is CC(C)Oc1cncc([C@H](C)N)c1. The van der Waals surface area contributed by atoms with Gasteiger partial charge >= 0.3 is 0 Å². The number of hydrogen-bond acceptors (Lipinski definition) is 3. The highest BCUT2D eigenvalue weighted by Gasteiger charge is 2.02. The molecule has 1 aromatic rings. The van der Waals surface area contributed by atoms with Gasteiger partial charge in [0, 0.05) is 12.2 Å². The predicted molar refractivity (Wildman–Crippen MR) is 52.6 cm³/mol. The topological polar surface area (TPSA) is 48.1 Å². The summed E-state index contributed by atoms with van der Waals surface area (Å²) >= 11 is 0. The molecule has 2 N–H and O–H groups in total. The van der Waals surface area contributed by atoms with Crippen molar-refractivity contribution in [2.24, 2.45) is 5.73 Å². The molecule has 0 amide bonds. The smallest absolute Gasteiger partial charge is 0.138 e. The third kappa shape index (κ3) is 3.03. The molecular weight excluding hydrogens is 164 g/mol. The molecule has 0 bridgehead atoms. The fourth-order valence-corrected chi connectivity index (χ4v) is 1.02. The fraction of sp³-hybridized carbons (Fsp3) is 0.500. The van der Waals surface area contributed by atoms with E-state index in [-0.39, 0.29) is 12.1 Å². The zero-order chi connectivity index (χ0) is 9.84. The molecule has 72 valence electrons. The summed E-state index contributed by atoms with van der Waals surface area (Å²) < 4.78 is 5.49. The van der Waals surface area contributed by atoms with Crippen LogP contribution in [0.25, 0.3) is 0 Å². The molecule has 0 radical (unpaired) electrons. The van der Waals surface area contributed by atoms with Gasteiger partial charge in [-0.1, -0.05) is 0 Å². The quantitative estimate of drug-likeness (QED) is 0.772. The first-order valence-electron chi connectivity index (χ1n) is 4.46. The molecule has 0 aromatic carbocycles. The minimum atomic E-state index is 0.00297. The molecule has 13 heavy (non-hydrogen) atoms. The number of aromatic nitrogens is 1. The third-order valence-electron chi connectivity index (χ3n) is 1.63. The van der Waals surface area contributed by atoms with Crippen LogP contribution in [0.2, 0.25) is 0 Å². The predicted octanol–water partition coefficient (Wildman–Crippen LogP) is 1.89. The van der Waals surface area contributed by atoms with E-state index in [9.17, 15) is 0 Å². The number of pyridine rings is 1. The summed E-state index contributed by atoms with van der Waals surface area (Å²) in [5, 5.41) is 0. The maximum Gasteiger partial charge on any atom is 0.138 e. The van der Waals surface area contributed by atoms with E-state index in [0.29, 0.717) is 0 Å². The lowest BCUT2D eigenvalue weighted by Crippen LogP contribution is -2.08. The number of hydrogen-bond donors (Lipinski definition) is 1. The van der Waals surface area contributed by atoms with Gasteiger partial charge in [0.15, 0.2) is 0 Å². The van der Waals surface area contributed by atoms with Crippen molar-refractivity contribution in [2.75, 3.05) is 0 Å². The van der Waals surface area contributed by atoms with Gasteiger partial charge in [0.2, 0.25) is 0 Å². The molecular formula is C10H16N2O. The van der Waals surface area contributed by atoms with Gasteiger partial charge in [-0.2, -0.15) is 0 Å². The molecule has 0 unspecified atom stereocenters. The van der Waals surface area contributed by atoms with Crippen LogP contribution in [0.5, 0.6) is 5.75 Å². The average Bonchev–Trinajstić information content (AvgIpc) is 2.03. The first-order valence-corrected chi connectivity index (χ1v) is 4.46. The molecule has 0 saturated carbocycles. The van der Waals surface area contributed by atoms with Crippen molar-refractivity contribution in [3.8, 4) is 5.75 Å². The summed E-state index contributed by atoms with van der Waals surface area (Å²) in [6.07, 6.45) is 3.63.